The molecule has 1 atom stereocenters. The van der Waals surface area contributed by atoms with Gasteiger partial charge in [0.25, 0.3) is 0 Å². The van der Waals surface area contributed by atoms with E-state index in [1.165, 1.54) is 16.0 Å². The summed E-state index contributed by atoms with van der Waals surface area (Å²) in [5, 5.41) is 0. The van der Waals surface area contributed by atoms with E-state index in [-0.39, 0.29) is 6.04 Å². The first-order valence-corrected chi connectivity index (χ1v) is 5.27. The van der Waals surface area contributed by atoms with Crippen molar-refractivity contribution in [3.8, 4) is 0 Å². The van der Waals surface area contributed by atoms with Crippen LogP contribution in [0.3, 0.4) is 0 Å². The molecule has 1 aromatic carbocycles. The van der Waals surface area contributed by atoms with Gasteiger partial charge in [-0.15, -0.1) is 11.8 Å². The zero-order chi connectivity index (χ0) is 9.14. The fourth-order valence-corrected chi connectivity index (χ4v) is 1.76. The first-order valence-electron chi connectivity index (χ1n) is 4.05. The molecule has 0 aliphatic heterocycles. The smallest absolute Gasteiger partial charge is 0.0266 e. The Labute approximate surface area is 78.4 Å². The minimum atomic E-state index is 0.136. The van der Waals surface area contributed by atoms with E-state index in [2.05, 4.69) is 31.4 Å². The number of thioether (sulfide) groups is 1. The van der Waals surface area contributed by atoms with Gasteiger partial charge in [0.1, 0.15) is 0 Å². The van der Waals surface area contributed by atoms with Crippen molar-refractivity contribution in [2.24, 2.45) is 5.73 Å². The molecule has 66 valence electrons. The van der Waals surface area contributed by atoms with Crippen LogP contribution in [0.25, 0.3) is 0 Å². The van der Waals surface area contributed by atoms with Crippen LogP contribution in [0.2, 0.25) is 0 Å². The zero-order valence-electron chi connectivity index (χ0n) is 7.79. The summed E-state index contributed by atoms with van der Waals surface area (Å²) >= 11 is 1.77. The average Bonchev–Trinajstić information content (AvgIpc) is 2.05. The second kappa shape index (κ2) is 3.97. The molecule has 0 fully saturated rings. The number of hydrogen-bond acceptors (Lipinski definition) is 2. The number of rotatable bonds is 2. The average molecular weight is 181 g/mol. The molecule has 0 aromatic heterocycles. The Morgan fingerprint density at radius 1 is 1.42 bits per heavy atom. The predicted molar refractivity (Wildman–Crippen MR) is 55.6 cm³/mol. The fourth-order valence-electron chi connectivity index (χ4n) is 1.12. The highest BCUT2D eigenvalue weighted by molar-refractivity contribution is 7.98. The maximum atomic E-state index is 5.78. The van der Waals surface area contributed by atoms with Crippen LogP contribution in [0.1, 0.15) is 24.1 Å². The van der Waals surface area contributed by atoms with Gasteiger partial charge in [0.2, 0.25) is 0 Å². The van der Waals surface area contributed by atoms with E-state index in [1.54, 1.807) is 11.8 Å². The van der Waals surface area contributed by atoms with Crippen LogP contribution < -0.4 is 5.73 Å². The van der Waals surface area contributed by atoms with Crippen molar-refractivity contribution in [1.29, 1.82) is 0 Å². The van der Waals surface area contributed by atoms with Crippen molar-refractivity contribution >= 4 is 11.8 Å². The van der Waals surface area contributed by atoms with E-state index < -0.39 is 0 Å². The van der Waals surface area contributed by atoms with Crippen LogP contribution in [0.5, 0.6) is 0 Å². The van der Waals surface area contributed by atoms with Gasteiger partial charge in [0.05, 0.1) is 0 Å². The van der Waals surface area contributed by atoms with Crippen LogP contribution in [0.15, 0.2) is 23.1 Å². The molecule has 0 heterocycles. The van der Waals surface area contributed by atoms with Crippen molar-refractivity contribution in [1.82, 2.24) is 0 Å². The van der Waals surface area contributed by atoms with Gasteiger partial charge in [-0.25, -0.2) is 0 Å². The third kappa shape index (κ3) is 2.02. The summed E-state index contributed by atoms with van der Waals surface area (Å²) in [4.78, 5) is 1.32. The third-order valence-electron chi connectivity index (χ3n) is 1.96. The van der Waals surface area contributed by atoms with Gasteiger partial charge in [-0.1, -0.05) is 12.1 Å². The van der Waals surface area contributed by atoms with Crippen molar-refractivity contribution in [3.05, 3.63) is 29.3 Å². The molecule has 1 unspecified atom stereocenters. The molecule has 0 saturated heterocycles. The molecular formula is C10H15NS. The summed E-state index contributed by atoms with van der Waals surface area (Å²) in [5.41, 5.74) is 8.32. The molecular weight excluding hydrogens is 166 g/mol. The molecule has 1 nitrogen and oxygen atoms in total. The molecule has 2 N–H and O–H groups in total. The maximum Gasteiger partial charge on any atom is 0.0266 e. The van der Waals surface area contributed by atoms with E-state index >= 15 is 0 Å². The highest BCUT2D eigenvalue weighted by Gasteiger charge is 2.02. The SMILES string of the molecule is CSc1cc(C(C)N)ccc1C. The van der Waals surface area contributed by atoms with Gasteiger partial charge in [-0.05, 0) is 37.3 Å². The molecule has 0 aliphatic carbocycles. The first kappa shape index (κ1) is 9.62. The number of hydrogen-bond donors (Lipinski definition) is 1. The monoisotopic (exact) mass is 181 g/mol. The van der Waals surface area contributed by atoms with Gasteiger partial charge < -0.3 is 5.73 Å². The predicted octanol–water partition coefficient (Wildman–Crippen LogP) is 2.74. The molecule has 0 amide bonds. The molecule has 0 spiro atoms. The second-order valence-electron chi connectivity index (χ2n) is 3.02. The molecule has 12 heavy (non-hydrogen) atoms. The maximum absolute atomic E-state index is 5.78. The van der Waals surface area contributed by atoms with Gasteiger partial charge in [-0.2, -0.15) is 0 Å². The lowest BCUT2D eigenvalue weighted by Gasteiger charge is -2.08. The van der Waals surface area contributed by atoms with Gasteiger partial charge in [-0.3, -0.25) is 0 Å². The minimum absolute atomic E-state index is 0.136. The molecule has 0 saturated carbocycles. The number of nitrogens with two attached hydrogens (primary N) is 1. The normalized spacial score (nSPS) is 13.0. The molecule has 2 heteroatoms. The lowest BCUT2D eigenvalue weighted by Crippen LogP contribution is -2.04. The quantitative estimate of drug-likeness (QED) is 0.710. The van der Waals surface area contributed by atoms with Gasteiger partial charge in [0.15, 0.2) is 0 Å². The standard InChI is InChI=1S/C10H15NS/c1-7-4-5-9(8(2)11)6-10(7)12-3/h4-6,8H,11H2,1-3H3. The third-order valence-corrected chi connectivity index (χ3v) is 2.84. The van der Waals surface area contributed by atoms with E-state index in [0.29, 0.717) is 0 Å². The fraction of sp³-hybridized carbons (Fsp3) is 0.400. The van der Waals surface area contributed by atoms with Crippen LogP contribution in [-0.4, -0.2) is 6.26 Å². The summed E-state index contributed by atoms with van der Waals surface area (Å²) in [6.07, 6.45) is 2.09. The summed E-state index contributed by atoms with van der Waals surface area (Å²) in [5.74, 6) is 0. The lowest BCUT2D eigenvalue weighted by atomic mass is 10.1. The van der Waals surface area contributed by atoms with Crippen LogP contribution >= 0.6 is 11.8 Å². The van der Waals surface area contributed by atoms with Gasteiger partial charge in [0, 0.05) is 10.9 Å². The molecule has 0 bridgehead atoms. The Morgan fingerprint density at radius 3 is 2.58 bits per heavy atom. The lowest BCUT2D eigenvalue weighted by molar-refractivity contribution is 0.813. The summed E-state index contributed by atoms with van der Waals surface area (Å²) < 4.78 is 0. The summed E-state index contributed by atoms with van der Waals surface area (Å²) in [7, 11) is 0. The largest absolute Gasteiger partial charge is 0.324 e. The number of benzene rings is 1. The second-order valence-corrected chi connectivity index (χ2v) is 3.87. The Hall–Kier alpha value is -0.470. The van der Waals surface area contributed by atoms with Crippen molar-refractivity contribution in [2.45, 2.75) is 24.8 Å². The number of aryl methyl sites for hydroxylation is 1. The first-order chi connectivity index (χ1) is 5.65. The van der Waals surface area contributed by atoms with E-state index in [9.17, 15) is 0 Å². The highest BCUT2D eigenvalue weighted by atomic mass is 32.2. The topological polar surface area (TPSA) is 26.0 Å². The van der Waals surface area contributed by atoms with Crippen molar-refractivity contribution in [3.63, 3.8) is 0 Å². The zero-order valence-corrected chi connectivity index (χ0v) is 8.61. The highest BCUT2D eigenvalue weighted by Crippen LogP contribution is 2.23. The molecule has 1 rings (SSSR count). The minimum Gasteiger partial charge on any atom is -0.324 e. The van der Waals surface area contributed by atoms with E-state index in [0.717, 1.165) is 0 Å². The Bertz CT molecular complexity index is 269. The summed E-state index contributed by atoms with van der Waals surface area (Å²) in [6, 6.07) is 6.53. The van der Waals surface area contributed by atoms with Crippen LogP contribution in [-0.2, 0) is 0 Å². The van der Waals surface area contributed by atoms with E-state index in [1.807, 2.05) is 6.92 Å². The van der Waals surface area contributed by atoms with E-state index in [4.69, 9.17) is 5.73 Å². The molecule has 0 aliphatic rings. The van der Waals surface area contributed by atoms with Crippen LogP contribution in [0, 0.1) is 6.92 Å². The Balaban J connectivity index is 3.05. The molecule has 0 radical (unpaired) electrons. The Morgan fingerprint density at radius 2 is 2.08 bits per heavy atom. The van der Waals surface area contributed by atoms with Crippen molar-refractivity contribution < 1.29 is 0 Å². The van der Waals surface area contributed by atoms with Crippen LogP contribution in [0.4, 0.5) is 0 Å². The van der Waals surface area contributed by atoms with Gasteiger partial charge >= 0.3 is 0 Å². The molecule has 1 aromatic rings. The Kier molecular flexibility index (Phi) is 3.18. The summed E-state index contributed by atoms with van der Waals surface area (Å²) in [6.45, 7) is 4.13. The van der Waals surface area contributed by atoms with Crippen molar-refractivity contribution in [2.75, 3.05) is 6.26 Å².